The van der Waals surface area contributed by atoms with Crippen LogP contribution in [0.15, 0.2) is 79.0 Å². The zero-order chi connectivity index (χ0) is 30.2. The molecular formula is C33H32ClN5O4. The Balaban J connectivity index is 1.46. The van der Waals surface area contributed by atoms with E-state index in [4.69, 9.17) is 25.8 Å². The van der Waals surface area contributed by atoms with Crippen molar-refractivity contribution in [3.05, 3.63) is 95.2 Å². The van der Waals surface area contributed by atoms with Gasteiger partial charge in [0.1, 0.15) is 36.0 Å². The van der Waals surface area contributed by atoms with Gasteiger partial charge in [0.2, 0.25) is 5.91 Å². The minimum absolute atomic E-state index is 0.141. The molecule has 1 aromatic heterocycles. The predicted octanol–water partition coefficient (Wildman–Crippen LogP) is 6.31. The summed E-state index contributed by atoms with van der Waals surface area (Å²) >= 11 is 6.57. The second-order valence-corrected chi connectivity index (χ2v) is 10.7. The molecule has 2 heterocycles. The monoisotopic (exact) mass is 597 g/mol. The number of hydrogen-bond donors (Lipinski definition) is 2. The second-order valence-electron chi connectivity index (χ2n) is 10.3. The summed E-state index contributed by atoms with van der Waals surface area (Å²) in [4.78, 5) is 19.4. The van der Waals surface area contributed by atoms with E-state index in [-0.39, 0.29) is 12.0 Å². The Labute approximate surface area is 255 Å². The van der Waals surface area contributed by atoms with Gasteiger partial charge in [0.15, 0.2) is 0 Å². The third kappa shape index (κ3) is 7.62. The highest BCUT2D eigenvalue weighted by Gasteiger charge is 2.22. The van der Waals surface area contributed by atoms with Crippen LogP contribution in [-0.2, 0) is 16.1 Å². The molecule has 1 saturated heterocycles. The standard InChI is InChI=1S/C33H32ClN5O4/c1-39(2)15-6-9-30(40)38-33-29(43-25-14-16-41-21-25)13-11-26-31(23(18-35)19-36-32(26)33)37-24-10-12-28(27(34)17-24)42-20-22-7-4-3-5-8-22/h3-13,17,19,25H,14-16,20-21H2,1-2H3,(H,36,37)(H,38,40)/b9-6+. The first-order valence-electron chi connectivity index (χ1n) is 13.9. The van der Waals surface area contributed by atoms with Gasteiger partial charge in [0.05, 0.1) is 35.0 Å². The lowest BCUT2D eigenvalue weighted by atomic mass is 10.1. The number of hydrogen-bond acceptors (Lipinski definition) is 8. The van der Waals surface area contributed by atoms with Crippen molar-refractivity contribution in [2.24, 2.45) is 0 Å². The fraction of sp³-hybridized carbons (Fsp3) is 0.242. The number of halogens is 1. The van der Waals surface area contributed by atoms with Crippen LogP contribution < -0.4 is 20.1 Å². The predicted molar refractivity (Wildman–Crippen MR) is 168 cm³/mol. The summed E-state index contributed by atoms with van der Waals surface area (Å²) in [6.07, 6.45) is 5.33. The van der Waals surface area contributed by atoms with Crippen LogP contribution in [0.25, 0.3) is 10.9 Å². The number of ether oxygens (including phenoxy) is 3. The van der Waals surface area contributed by atoms with Crippen molar-refractivity contribution in [2.75, 3.05) is 44.5 Å². The molecule has 3 aromatic carbocycles. The third-order valence-corrected chi connectivity index (χ3v) is 7.02. The van der Waals surface area contributed by atoms with Crippen molar-refractivity contribution >= 4 is 45.5 Å². The van der Waals surface area contributed by atoms with Gasteiger partial charge in [-0.15, -0.1) is 0 Å². The molecule has 1 atom stereocenters. The lowest BCUT2D eigenvalue weighted by Gasteiger charge is -2.19. The summed E-state index contributed by atoms with van der Waals surface area (Å²) in [5.41, 5.74) is 3.43. The van der Waals surface area contributed by atoms with E-state index in [2.05, 4.69) is 21.7 Å². The summed E-state index contributed by atoms with van der Waals surface area (Å²) in [5.74, 6) is 0.699. The minimum Gasteiger partial charge on any atom is -0.487 e. The molecule has 5 rings (SSSR count). The molecule has 9 nitrogen and oxygen atoms in total. The van der Waals surface area contributed by atoms with Crippen LogP contribution in [0, 0.1) is 11.3 Å². The van der Waals surface area contributed by atoms with Gasteiger partial charge < -0.3 is 29.7 Å². The van der Waals surface area contributed by atoms with Crippen LogP contribution in [0.1, 0.15) is 17.5 Å². The first-order chi connectivity index (χ1) is 20.9. The van der Waals surface area contributed by atoms with Crippen LogP contribution >= 0.6 is 11.6 Å². The number of nitrogens with zero attached hydrogens (tertiary/aromatic N) is 3. The van der Waals surface area contributed by atoms with Gasteiger partial charge in [0.25, 0.3) is 0 Å². The topological polar surface area (TPSA) is 109 Å². The normalized spacial score (nSPS) is 14.6. The molecule has 0 spiro atoms. The van der Waals surface area contributed by atoms with Gasteiger partial charge in [-0.25, -0.2) is 0 Å². The zero-order valence-corrected chi connectivity index (χ0v) is 24.7. The van der Waals surface area contributed by atoms with E-state index < -0.39 is 0 Å². The Morgan fingerprint density at radius 1 is 1.16 bits per heavy atom. The number of nitriles is 1. The summed E-state index contributed by atoms with van der Waals surface area (Å²) in [6, 6.07) is 21.0. The van der Waals surface area contributed by atoms with Crippen LogP contribution in [0.4, 0.5) is 17.1 Å². The quantitative estimate of drug-likeness (QED) is 0.194. The van der Waals surface area contributed by atoms with E-state index in [0.717, 1.165) is 12.0 Å². The third-order valence-electron chi connectivity index (χ3n) is 6.73. The summed E-state index contributed by atoms with van der Waals surface area (Å²) in [7, 11) is 3.85. The van der Waals surface area contributed by atoms with Crippen LogP contribution in [0.5, 0.6) is 11.5 Å². The highest BCUT2D eigenvalue weighted by atomic mass is 35.5. The van der Waals surface area contributed by atoms with Crippen molar-refractivity contribution < 1.29 is 19.0 Å². The van der Waals surface area contributed by atoms with Crippen molar-refractivity contribution in [2.45, 2.75) is 19.1 Å². The van der Waals surface area contributed by atoms with Gasteiger partial charge in [-0.05, 0) is 50.0 Å². The molecular weight excluding hydrogens is 566 g/mol. The molecule has 1 fully saturated rings. The van der Waals surface area contributed by atoms with E-state index >= 15 is 0 Å². The Kier molecular flexibility index (Phi) is 9.74. The van der Waals surface area contributed by atoms with Gasteiger partial charge in [0, 0.05) is 36.3 Å². The number of benzene rings is 3. The smallest absolute Gasteiger partial charge is 0.248 e. The van der Waals surface area contributed by atoms with Crippen LogP contribution in [0.2, 0.25) is 5.02 Å². The average Bonchev–Trinajstić information content (AvgIpc) is 3.51. The molecule has 1 amide bonds. The molecule has 2 N–H and O–H groups in total. The summed E-state index contributed by atoms with van der Waals surface area (Å²) in [5, 5.41) is 17.3. The molecule has 10 heteroatoms. The molecule has 0 radical (unpaired) electrons. The number of nitrogens with one attached hydrogen (secondary N) is 2. The average molecular weight is 598 g/mol. The molecule has 0 saturated carbocycles. The number of likely N-dealkylation sites (N-methyl/N-ethyl adjacent to an activating group) is 1. The number of anilines is 3. The van der Waals surface area contributed by atoms with E-state index in [0.29, 0.717) is 76.4 Å². The number of fused-ring (bicyclic) bond motifs is 1. The van der Waals surface area contributed by atoms with Gasteiger partial charge in [-0.2, -0.15) is 5.26 Å². The van der Waals surface area contributed by atoms with Crippen LogP contribution in [0.3, 0.4) is 0 Å². The second kappa shape index (κ2) is 14.0. The van der Waals surface area contributed by atoms with E-state index in [1.54, 1.807) is 24.3 Å². The lowest BCUT2D eigenvalue weighted by molar-refractivity contribution is -0.111. The van der Waals surface area contributed by atoms with Crippen molar-refractivity contribution in [3.8, 4) is 17.6 Å². The van der Waals surface area contributed by atoms with Crippen molar-refractivity contribution in [1.29, 1.82) is 5.26 Å². The van der Waals surface area contributed by atoms with E-state index in [9.17, 15) is 10.1 Å². The molecule has 0 bridgehead atoms. The first kappa shape index (κ1) is 29.9. The van der Waals surface area contributed by atoms with Gasteiger partial charge in [-0.1, -0.05) is 48.0 Å². The highest BCUT2D eigenvalue weighted by molar-refractivity contribution is 6.32. The maximum absolute atomic E-state index is 12.9. The number of carbonyl (C=O) groups is 1. The number of aromatic nitrogens is 1. The molecule has 4 aromatic rings. The maximum atomic E-state index is 12.9. The first-order valence-corrected chi connectivity index (χ1v) is 14.2. The zero-order valence-electron chi connectivity index (χ0n) is 24.0. The fourth-order valence-corrected chi connectivity index (χ4v) is 4.82. The highest BCUT2D eigenvalue weighted by Crippen LogP contribution is 2.39. The lowest BCUT2D eigenvalue weighted by Crippen LogP contribution is -2.18. The van der Waals surface area contributed by atoms with E-state index in [1.165, 1.54) is 12.3 Å². The van der Waals surface area contributed by atoms with Crippen molar-refractivity contribution in [1.82, 2.24) is 9.88 Å². The number of amides is 1. The Hall–Kier alpha value is -4.62. The Bertz CT molecular complexity index is 1660. The largest absolute Gasteiger partial charge is 0.487 e. The fourth-order valence-electron chi connectivity index (χ4n) is 4.58. The number of rotatable bonds is 11. The maximum Gasteiger partial charge on any atom is 0.248 e. The van der Waals surface area contributed by atoms with Crippen molar-refractivity contribution in [3.63, 3.8) is 0 Å². The number of pyridine rings is 1. The molecule has 43 heavy (non-hydrogen) atoms. The molecule has 1 aliphatic rings. The molecule has 220 valence electrons. The van der Waals surface area contributed by atoms with Crippen LogP contribution in [-0.4, -0.2) is 55.7 Å². The molecule has 1 unspecified atom stereocenters. The number of carbonyl (C=O) groups excluding carboxylic acids is 1. The van der Waals surface area contributed by atoms with Gasteiger partial charge in [-0.3, -0.25) is 9.78 Å². The Morgan fingerprint density at radius 2 is 1.98 bits per heavy atom. The molecule has 1 aliphatic heterocycles. The SMILES string of the molecule is CN(C)C/C=C/C(=O)Nc1c(OC2CCOC2)ccc2c(Nc3ccc(OCc4ccccc4)c(Cl)c3)c(C#N)cnc12. The van der Waals surface area contributed by atoms with Gasteiger partial charge >= 0.3 is 0 Å². The minimum atomic E-state index is -0.319. The van der Waals surface area contributed by atoms with E-state index in [1.807, 2.05) is 61.5 Å². The Morgan fingerprint density at radius 3 is 2.70 bits per heavy atom. The summed E-state index contributed by atoms with van der Waals surface area (Å²) < 4.78 is 17.6. The summed E-state index contributed by atoms with van der Waals surface area (Å²) in [6.45, 7) is 2.08. The molecule has 0 aliphatic carbocycles.